The molecule has 0 unspecified atom stereocenters. The predicted octanol–water partition coefficient (Wildman–Crippen LogP) is 3.76. The molecule has 5 aromatic rings. The topological polar surface area (TPSA) is 107 Å². The van der Waals surface area contributed by atoms with Crippen LogP contribution in [-0.2, 0) is 6.42 Å². The predicted molar refractivity (Wildman–Crippen MR) is 113 cm³/mol. The number of nitro benzene ring substituents is 1. The van der Waals surface area contributed by atoms with Gasteiger partial charge in [-0.2, -0.15) is 5.10 Å². The van der Waals surface area contributed by atoms with Gasteiger partial charge in [-0.3, -0.25) is 24.6 Å². The highest BCUT2D eigenvalue weighted by Crippen LogP contribution is 2.25. The van der Waals surface area contributed by atoms with Gasteiger partial charge in [0.15, 0.2) is 0 Å². The van der Waals surface area contributed by atoms with E-state index < -0.39 is 4.92 Å². The molecule has 8 nitrogen and oxygen atoms in total. The molecule has 0 bridgehead atoms. The van der Waals surface area contributed by atoms with Gasteiger partial charge in [0.1, 0.15) is 11.2 Å². The van der Waals surface area contributed by atoms with Gasteiger partial charge in [-0.15, -0.1) is 0 Å². The quantitative estimate of drug-likeness (QED) is 0.367. The molecule has 0 aliphatic heterocycles. The lowest BCUT2D eigenvalue weighted by Crippen LogP contribution is -2.20. The lowest BCUT2D eigenvalue weighted by Gasteiger charge is -2.10. The summed E-state index contributed by atoms with van der Waals surface area (Å²) in [4.78, 5) is 28.4. The number of non-ortho nitro benzene ring substituents is 1. The molecule has 8 heteroatoms. The van der Waals surface area contributed by atoms with E-state index in [0.717, 1.165) is 16.6 Å². The van der Waals surface area contributed by atoms with Crippen LogP contribution >= 0.6 is 0 Å². The number of benzene rings is 2. The Hall–Kier alpha value is -4.33. The SMILES string of the molecule is O=c1c2c(Cc3ccc([N+](=O)[O-])cc3)[nH]nc2c2cccnc2n1-c1ccccc1. The molecule has 146 valence electrons. The molecule has 0 aliphatic rings. The van der Waals surface area contributed by atoms with E-state index in [1.54, 1.807) is 22.9 Å². The number of hydrogen-bond acceptors (Lipinski definition) is 5. The number of aromatic amines is 1. The Kier molecular flexibility index (Phi) is 4.10. The Morgan fingerprint density at radius 3 is 2.50 bits per heavy atom. The Morgan fingerprint density at radius 1 is 1.00 bits per heavy atom. The van der Waals surface area contributed by atoms with Crippen LogP contribution in [0.25, 0.3) is 27.6 Å². The zero-order chi connectivity index (χ0) is 20.7. The number of nitrogens with zero attached hydrogens (tertiary/aromatic N) is 4. The third kappa shape index (κ3) is 2.82. The smallest absolute Gasteiger partial charge is 0.269 e. The van der Waals surface area contributed by atoms with Crippen molar-refractivity contribution in [1.29, 1.82) is 0 Å². The summed E-state index contributed by atoms with van der Waals surface area (Å²) in [7, 11) is 0. The third-order valence-corrected chi connectivity index (χ3v) is 5.05. The molecule has 0 spiro atoms. The van der Waals surface area contributed by atoms with Crippen LogP contribution in [0.3, 0.4) is 0 Å². The first-order chi connectivity index (χ1) is 14.6. The fourth-order valence-electron chi connectivity index (χ4n) is 3.66. The zero-order valence-electron chi connectivity index (χ0n) is 15.6. The van der Waals surface area contributed by atoms with Crippen molar-refractivity contribution in [3.63, 3.8) is 0 Å². The number of hydrogen-bond donors (Lipinski definition) is 1. The molecule has 3 heterocycles. The first-order valence-corrected chi connectivity index (χ1v) is 9.29. The van der Waals surface area contributed by atoms with E-state index >= 15 is 0 Å². The summed E-state index contributed by atoms with van der Waals surface area (Å²) in [5.74, 6) is 0. The molecule has 0 radical (unpaired) electrons. The average molecular weight is 397 g/mol. The van der Waals surface area contributed by atoms with E-state index in [1.165, 1.54) is 12.1 Å². The summed E-state index contributed by atoms with van der Waals surface area (Å²) in [6.45, 7) is 0. The van der Waals surface area contributed by atoms with Gasteiger partial charge >= 0.3 is 0 Å². The molecule has 0 amide bonds. The van der Waals surface area contributed by atoms with Crippen molar-refractivity contribution in [3.05, 3.63) is 105 Å². The Morgan fingerprint density at radius 2 is 1.77 bits per heavy atom. The minimum atomic E-state index is -0.437. The third-order valence-electron chi connectivity index (χ3n) is 5.05. The zero-order valence-corrected chi connectivity index (χ0v) is 15.6. The van der Waals surface area contributed by atoms with Gasteiger partial charge in [-0.25, -0.2) is 4.98 Å². The second-order valence-electron chi connectivity index (χ2n) is 6.88. The molecule has 0 fully saturated rings. The second kappa shape index (κ2) is 6.93. The minimum absolute atomic E-state index is 0.0247. The molecule has 3 aromatic heterocycles. The summed E-state index contributed by atoms with van der Waals surface area (Å²) < 4.78 is 1.59. The number of para-hydroxylation sites is 1. The largest absolute Gasteiger partial charge is 0.281 e. The summed E-state index contributed by atoms with van der Waals surface area (Å²) >= 11 is 0. The number of pyridine rings is 2. The van der Waals surface area contributed by atoms with Crippen molar-refractivity contribution in [3.8, 4) is 5.69 Å². The van der Waals surface area contributed by atoms with Gasteiger partial charge < -0.3 is 0 Å². The molecule has 5 rings (SSSR count). The van der Waals surface area contributed by atoms with Crippen LogP contribution in [0.2, 0.25) is 0 Å². The van der Waals surface area contributed by atoms with Gasteiger partial charge in [0.05, 0.1) is 21.7 Å². The van der Waals surface area contributed by atoms with Crippen LogP contribution < -0.4 is 5.56 Å². The molecule has 0 saturated heterocycles. The Bertz CT molecular complexity index is 1450. The van der Waals surface area contributed by atoms with Gasteiger partial charge in [0, 0.05) is 30.1 Å². The highest BCUT2D eigenvalue weighted by Gasteiger charge is 2.19. The lowest BCUT2D eigenvalue weighted by molar-refractivity contribution is -0.384. The van der Waals surface area contributed by atoms with Gasteiger partial charge in [0.2, 0.25) is 0 Å². The van der Waals surface area contributed by atoms with Gasteiger partial charge in [0.25, 0.3) is 11.2 Å². The van der Waals surface area contributed by atoms with Crippen LogP contribution in [-0.4, -0.2) is 24.7 Å². The van der Waals surface area contributed by atoms with Crippen LogP contribution in [0.1, 0.15) is 11.3 Å². The van der Waals surface area contributed by atoms with E-state index in [4.69, 9.17) is 0 Å². The van der Waals surface area contributed by atoms with Crippen molar-refractivity contribution < 1.29 is 4.92 Å². The second-order valence-corrected chi connectivity index (χ2v) is 6.88. The van der Waals surface area contributed by atoms with Crippen molar-refractivity contribution in [2.45, 2.75) is 6.42 Å². The summed E-state index contributed by atoms with van der Waals surface area (Å²) in [5, 5.41) is 19.5. The molecular weight excluding hydrogens is 382 g/mol. The van der Waals surface area contributed by atoms with Crippen LogP contribution in [0.5, 0.6) is 0 Å². The van der Waals surface area contributed by atoms with Crippen molar-refractivity contribution in [2.24, 2.45) is 0 Å². The summed E-state index contributed by atoms with van der Waals surface area (Å²) in [6, 6.07) is 19.3. The molecular formula is C22H15N5O3. The minimum Gasteiger partial charge on any atom is -0.281 e. The lowest BCUT2D eigenvalue weighted by atomic mass is 10.1. The highest BCUT2D eigenvalue weighted by atomic mass is 16.6. The monoisotopic (exact) mass is 397 g/mol. The first-order valence-electron chi connectivity index (χ1n) is 9.29. The van der Waals surface area contributed by atoms with Crippen molar-refractivity contribution in [2.75, 3.05) is 0 Å². The van der Waals surface area contributed by atoms with Gasteiger partial charge in [-0.05, 0) is 29.8 Å². The number of fused-ring (bicyclic) bond motifs is 3. The highest BCUT2D eigenvalue weighted by molar-refractivity contribution is 6.03. The van der Waals surface area contributed by atoms with Crippen LogP contribution in [0, 0.1) is 10.1 Å². The van der Waals surface area contributed by atoms with E-state index in [9.17, 15) is 14.9 Å². The molecule has 2 aromatic carbocycles. The summed E-state index contributed by atoms with van der Waals surface area (Å²) in [5.41, 5.74) is 3.12. The van der Waals surface area contributed by atoms with Crippen molar-refractivity contribution in [1.82, 2.24) is 19.7 Å². The number of nitrogens with one attached hydrogen (secondary N) is 1. The fraction of sp³-hybridized carbons (Fsp3) is 0.0455. The molecule has 30 heavy (non-hydrogen) atoms. The molecule has 0 atom stereocenters. The molecule has 0 saturated carbocycles. The Labute approximate surface area is 169 Å². The fourth-order valence-corrected chi connectivity index (χ4v) is 3.66. The Balaban J connectivity index is 1.73. The number of H-pyrrole nitrogens is 1. The average Bonchev–Trinajstić information content (AvgIpc) is 3.19. The van der Waals surface area contributed by atoms with E-state index in [2.05, 4.69) is 15.2 Å². The first kappa shape index (κ1) is 17.7. The van der Waals surface area contributed by atoms with Crippen molar-refractivity contribution >= 4 is 27.6 Å². The maximum absolute atomic E-state index is 13.5. The molecule has 1 N–H and O–H groups in total. The van der Waals surface area contributed by atoms with Crippen LogP contribution in [0.4, 0.5) is 5.69 Å². The van der Waals surface area contributed by atoms with Crippen LogP contribution in [0.15, 0.2) is 77.7 Å². The van der Waals surface area contributed by atoms with E-state index in [0.29, 0.717) is 28.7 Å². The summed E-state index contributed by atoms with van der Waals surface area (Å²) in [6.07, 6.45) is 2.04. The maximum atomic E-state index is 13.5. The normalized spacial score (nSPS) is 11.2. The van der Waals surface area contributed by atoms with E-state index in [-0.39, 0.29) is 11.2 Å². The standard InChI is InChI=1S/C22H15N5O3/c28-22-19-18(13-14-8-10-16(11-9-14)27(29)30)24-25-20(19)17-7-4-12-23-21(17)26(22)15-5-2-1-3-6-15/h1-12H,13H2,(H,24,25). The van der Waals surface area contributed by atoms with Gasteiger partial charge in [-0.1, -0.05) is 30.3 Å². The number of nitro groups is 1. The molecule has 0 aliphatic carbocycles. The van der Waals surface area contributed by atoms with E-state index in [1.807, 2.05) is 42.5 Å². The number of rotatable bonds is 4. The maximum Gasteiger partial charge on any atom is 0.269 e. The number of aromatic nitrogens is 4.